The van der Waals surface area contributed by atoms with Crippen molar-refractivity contribution in [3.8, 4) is 5.75 Å². The van der Waals surface area contributed by atoms with E-state index in [-0.39, 0.29) is 24.2 Å². The summed E-state index contributed by atoms with van der Waals surface area (Å²) in [7, 11) is 1.66. The standard InChI is InChI=1S/C16H24N2O2.ClH/c1-12-11-14(8-10-17-12)16(19)18-9-7-13-3-5-15(20-2)6-4-13;/h3-6,12,14,17H,7-11H2,1-2H3,(H,18,19);1H/t12-,14-;/m0./s1. The molecule has 2 atom stereocenters. The minimum Gasteiger partial charge on any atom is -0.497 e. The molecule has 0 aliphatic carbocycles. The van der Waals surface area contributed by atoms with Crippen molar-refractivity contribution >= 4 is 18.3 Å². The molecule has 0 radical (unpaired) electrons. The Hall–Kier alpha value is -1.26. The summed E-state index contributed by atoms with van der Waals surface area (Å²) < 4.78 is 5.13. The van der Waals surface area contributed by atoms with E-state index in [9.17, 15) is 4.79 Å². The van der Waals surface area contributed by atoms with Gasteiger partial charge in [0.2, 0.25) is 5.91 Å². The second-order valence-electron chi connectivity index (χ2n) is 5.47. The third-order valence-electron chi connectivity index (χ3n) is 3.87. The van der Waals surface area contributed by atoms with E-state index >= 15 is 0 Å². The van der Waals surface area contributed by atoms with Crippen molar-refractivity contribution in [2.45, 2.75) is 32.2 Å². The van der Waals surface area contributed by atoms with Crippen LogP contribution in [0.2, 0.25) is 0 Å². The number of halogens is 1. The number of hydrogen-bond donors (Lipinski definition) is 2. The lowest BCUT2D eigenvalue weighted by Crippen LogP contribution is -2.42. The molecule has 1 aliphatic rings. The Bertz CT molecular complexity index is 436. The van der Waals surface area contributed by atoms with Gasteiger partial charge in [-0.3, -0.25) is 4.79 Å². The number of carbonyl (C=O) groups is 1. The Morgan fingerprint density at radius 3 is 2.71 bits per heavy atom. The monoisotopic (exact) mass is 312 g/mol. The molecule has 5 heteroatoms. The van der Waals surface area contributed by atoms with Crippen LogP contribution in [0.1, 0.15) is 25.3 Å². The summed E-state index contributed by atoms with van der Waals surface area (Å²) in [6.07, 6.45) is 2.74. The number of piperidine rings is 1. The topological polar surface area (TPSA) is 50.4 Å². The van der Waals surface area contributed by atoms with Gasteiger partial charge in [-0.1, -0.05) is 12.1 Å². The zero-order valence-corrected chi connectivity index (χ0v) is 13.5. The summed E-state index contributed by atoms with van der Waals surface area (Å²) in [5.41, 5.74) is 1.21. The molecule has 1 aromatic rings. The Morgan fingerprint density at radius 1 is 1.38 bits per heavy atom. The van der Waals surface area contributed by atoms with Gasteiger partial charge in [-0.25, -0.2) is 0 Å². The van der Waals surface area contributed by atoms with Crippen LogP contribution in [0, 0.1) is 5.92 Å². The molecule has 0 saturated carbocycles. The average molecular weight is 313 g/mol. The summed E-state index contributed by atoms with van der Waals surface area (Å²) >= 11 is 0. The van der Waals surface area contributed by atoms with Crippen LogP contribution in [-0.4, -0.2) is 32.1 Å². The van der Waals surface area contributed by atoms with Gasteiger partial charge in [-0.05, 0) is 50.4 Å². The van der Waals surface area contributed by atoms with Gasteiger partial charge in [0.25, 0.3) is 0 Å². The van der Waals surface area contributed by atoms with Crippen LogP contribution in [0.5, 0.6) is 5.75 Å². The molecule has 4 nitrogen and oxygen atoms in total. The number of methoxy groups -OCH3 is 1. The molecule has 0 bridgehead atoms. The first-order valence-corrected chi connectivity index (χ1v) is 7.33. The maximum Gasteiger partial charge on any atom is 0.223 e. The van der Waals surface area contributed by atoms with Crippen molar-refractivity contribution in [1.82, 2.24) is 10.6 Å². The Morgan fingerprint density at radius 2 is 2.10 bits per heavy atom. The zero-order chi connectivity index (χ0) is 14.4. The van der Waals surface area contributed by atoms with E-state index in [4.69, 9.17) is 4.74 Å². The minimum atomic E-state index is 0. The smallest absolute Gasteiger partial charge is 0.223 e. The Kier molecular flexibility index (Phi) is 7.54. The third-order valence-corrected chi connectivity index (χ3v) is 3.87. The second kappa shape index (κ2) is 8.90. The zero-order valence-electron chi connectivity index (χ0n) is 12.7. The van der Waals surface area contributed by atoms with E-state index in [0.717, 1.165) is 31.6 Å². The van der Waals surface area contributed by atoms with Gasteiger partial charge >= 0.3 is 0 Å². The maximum atomic E-state index is 12.1. The fourth-order valence-electron chi connectivity index (χ4n) is 2.64. The molecular weight excluding hydrogens is 288 g/mol. The lowest BCUT2D eigenvalue weighted by atomic mass is 9.92. The molecule has 2 rings (SSSR count). The highest BCUT2D eigenvalue weighted by Gasteiger charge is 2.24. The van der Waals surface area contributed by atoms with Crippen LogP contribution >= 0.6 is 12.4 Å². The first kappa shape index (κ1) is 17.8. The van der Waals surface area contributed by atoms with E-state index < -0.39 is 0 Å². The van der Waals surface area contributed by atoms with Gasteiger partial charge < -0.3 is 15.4 Å². The molecular formula is C16H25ClN2O2. The van der Waals surface area contributed by atoms with Crippen LogP contribution in [0.3, 0.4) is 0 Å². The predicted octanol–water partition coefficient (Wildman–Crippen LogP) is 2.16. The number of carbonyl (C=O) groups excluding carboxylic acids is 1. The van der Waals surface area contributed by atoms with Crippen molar-refractivity contribution in [3.05, 3.63) is 29.8 Å². The number of nitrogens with one attached hydrogen (secondary N) is 2. The van der Waals surface area contributed by atoms with Gasteiger partial charge in [0.05, 0.1) is 7.11 Å². The lowest BCUT2D eigenvalue weighted by Gasteiger charge is -2.27. The summed E-state index contributed by atoms with van der Waals surface area (Å²) in [5, 5.41) is 6.42. The molecule has 1 aromatic carbocycles. The molecule has 21 heavy (non-hydrogen) atoms. The molecule has 1 fully saturated rings. The fraction of sp³-hybridized carbons (Fsp3) is 0.562. The van der Waals surface area contributed by atoms with E-state index in [2.05, 4.69) is 17.6 Å². The highest BCUT2D eigenvalue weighted by Crippen LogP contribution is 2.16. The molecule has 1 amide bonds. The van der Waals surface area contributed by atoms with E-state index in [1.165, 1.54) is 5.56 Å². The van der Waals surface area contributed by atoms with Gasteiger partial charge in [0, 0.05) is 18.5 Å². The molecule has 0 spiro atoms. The van der Waals surface area contributed by atoms with Gasteiger partial charge in [0.15, 0.2) is 0 Å². The average Bonchev–Trinajstić information content (AvgIpc) is 2.48. The number of ether oxygens (including phenoxy) is 1. The molecule has 118 valence electrons. The van der Waals surface area contributed by atoms with Gasteiger partial charge in [-0.15, -0.1) is 12.4 Å². The highest BCUT2D eigenvalue weighted by molar-refractivity contribution is 5.85. The van der Waals surface area contributed by atoms with Crippen molar-refractivity contribution < 1.29 is 9.53 Å². The third kappa shape index (κ3) is 5.56. The predicted molar refractivity (Wildman–Crippen MR) is 87.1 cm³/mol. The van der Waals surface area contributed by atoms with Crippen LogP contribution in [0.25, 0.3) is 0 Å². The lowest BCUT2D eigenvalue weighted by molar-refractivity contribution is -0.126. The first-order chi connectivity index (χ1) is 9.69. The molecule has 2 N–H and O–H groups in total. The van der Waals surface area contributed by atoms with Crippen molar-refractivity contribution in [2.75, 3.05) is 20.2 Å². The number of rotatable bonds is 5. The Labute approximate surface area is 133 Å². The highest BCUT2D eigenvalue weighted by atomic mass is 35.5. The van der Waals surface area contributed by atoms with Crippen LogP contribution < -0.4 is 15.4 Å². The maximum absolute atomic E-state index is 12.1. The van der Waals surface area contributed by atoms with Crippen molar-refractivity contribution in [3.63, 3.8) is 0 Å². The van der Waals surface area contributed by atoms with Crippen molar-refractivity contribution in [1.29, 1.82) is 0 Å². The van der Waals surface area contributed by atoms with Crippen molar-refractivity contribution in [2.24, 2.45) is 5.92 Å². The SMILES string of the molecule is COc1ccc(CCNC(=O)[C@H]2CCN[C@@H](C)C2)cc1.Cl. The summed E-state index contributed by atoms with van der Waals surface area (Å²) in [4.78, 5) is 12.1. The first-order valence-electron chi connectivity index (χ1n) is 7.33. The van der Waals surface area contributed by atoms with E-state index in [0.29, 0.717) is 12.6 Å². The summed E-state index contributed by atoms with van der Waals surface area (Å²) in [6.45, 7) is 3.78. The molecule has 1 saturated heterocycles. The summed E-state index contributed by atoms with van der Waals surface area (Å²) in [6, 6.07) is 8.42. The second-order valence-corrected chi connectivity index (χ2v) is 5.47. The summed E-state index contributed by atoms with van der Waals surface area (Å²) in [5.74, 6) is 1.23. The quantitative estimate of drug-likeness (QED) is 0.876. The van der Waals surface area contributed by atoms with Gasteiger partial charge in [0.1, 0.15) is 5.75 Å². The van der Waals surface area contributed by atoms with E-state index in [1.807, 2.05) is 24.3 Å². The van der Waals surface area contributed by atoms with Crippen LogP contribution in [0.4, 0.5) is 0 Å². The normalized spacial score (nSPS) is 21.2. The van der Waals surface area contributed by atoms with E-state index in [1.54, 1.807) is 7.11 Å². The minimum absolute atomic E-state index is 0. The fourth-order valence-corrected chi connectivity index (χ4v) is 2.64. The number of hydrogen-bond acceptors (Lipinski definition) is 3. The molecule has 1 aliphatic heterocycles. The Balaban J connectivity index is 0.00000220. The molecule has 1 heterocycles. The van der Waals surface area contributed by atoms with Crippen LogP contribution in [0.15, 0.2) is 24.3 Å². The largest absolute Gasteiger partial charge is 0.497 e. The van der Waals surface area contributed by atoms with Crippen LogP contribution in [-0.2, 0) is 11.2 Å². The number of amides is 1. The number of benzene rings is 1. The molecule has 0 unspecified atom stereocenters. The van der Waals surface area contributed by atoms with Gasteiger partial charge in [-0.2, -0.15) is 0 Å². The molecule has 0 aromatic heterocycles.